The molecule has 0 saturated heterocycles. The molecule has 34 heteroatoms. The largest absolute Gasteiger partial charge is 0.497 e. The Morgan fingerprint density at radius 1 is 0.326 bits per heavy atom. The number of carbonyl (C=O) groups is 7. The molecule has 0 radical (unpaired) electrons. The van der Waals surface area contributed by atoms with Crippen molar-refractivity contribution in [3.05, 3.63) is 389 Å². The number of hydrogen-bond acceptors (Lipinski definition) is 24. The van der Waals surface area contributed by atoms with Crippen LogP contribution in [-0.4, -0.2) is 99.5 Å². The normalized spacial score (nSPS) is 14.1. The Hall–Kier alpha value is -13.0. The number of amides is 7. The van der Waals surface area contributed by atoms with Gasteiger partial charge in [0.25, 0.3) is 41.4 Å². The van der Waals surface area contributed by atoms with Crippen molar-refractivity contribution < 1.29 is 48.5 Å². The number of nitrogens with two attached hydrogens (primary N) is 4. The summed E-state index contributed by atoms with van der Waals surface area (Å²) in [7, 11) is 1.59. The van der Waals surface area contributed by atoms with Crippen LogP contribution in [0.25, 0.3) is 0 Å². The Balaban J connectivity index is 0.000000122. The van der Waals surface area contributed by atoms with Gasteiger partial charge in [0.2, 0.25) is 0 Å². The quantitative estimate of drug-likeness (QED) is 0.0403. The van der Waals surface area contributed by atoms with Gasteiger partial charge in [-0.25, -0.2) is 0 Å². The van der Waals surface area contributed by atoms with Gasteiger partial charge in [0, 0.05) is 173 Å². The van der Waals surface area contributed by atoms with Crippen molar-refractivity contribution in [3.63, 3.8) is 0 Å². The summed E-state index contributed by atoms with van der Waals surface area (Å²) in [5.74, 6) is 1.68. The second kappa shape index (κ2) is 45.1. The summed E-state index contributed by atoms with van der Waals surface area (Å²) in [5.41, 5.74) is 41.0. The minimum absolute atomic E-state index is 0.0241. The van der Waals surface area contributed by atoms with Crippen LogP contribution in [0.15, 0.2) is 220 Å². The highest BCUT2D eigenvalue weighted by atomic mass is 35.5. The van der Waals surface area contributed by atoms with Crippen LogP contribution in [0.1, 0.15) is 208 Å². The Morgan fingerprint density at radius 2 is 0.645 bits per heavy atom. The molecule has 702 valence electrons. The van der Waals surface area contributed by atoms with Crippen molar-refractivity contribution in [2.24, 2.45) is 42.9 Å². The maximum absolute atomic E-state index is 11.9. The molecule has 0 fully saturated rings. The third-order valence-electron chi connectivity index (χ3n) is 22.8. The van der Waals surface area contributed by atoms with E-state index in [4.69, 9.17) is 78.7 Å². The number of thiophene rings is 7. The van der Waals surface area contributed by atoms with E-state index >= 15 is 0 Å². The summed E-state index contributed by atoms with van der Waals surface area (Å²) in [6.07, 6.45) is 9.12. The predicted molar refractivity (Wildman–Crippen MR) is 558 cm³/mol. The average molecular weight is 2030 g/mol. The number of aryl methyl sites for hydroxylation is 3. The molecule has 7 aliphatic heterocycles. The van der Waals surface area contributed by atoms with Gasteiger partial charge < -0.3 is 53.8 Å². The number of nitrogens with one attached hydrogen (secondary N) is 6. The Bertz CT molecular complexity index is 7290. The number of aliphatic hydroxyl groups is 2. The summed E-state index contributed by atoms with van der Waals surface area (Å²) in [4.78, 5) is 113. The molecule has 7 aliphatic rings. The van der Waals surface area contributed by atoms with Gasteiger partial charge in [-0.1, -0.05) is 168 Å². The topological polar surface area (TPSA) is 430 Å². The van der Waals surface area contributed by atoms with E-state index in [2.05, 4.69) is 99.2 Å². The zero-order valence-corrected chi connectivity index (χ0v) is 83.1. The molecule has 14 heterocycles. The van der Waals surface area contributed by atoms with Crippen LogP contribution in [0, 0.1) is 37.0 Å². The van der Waals surface area contributed by atoms with E-state index in [1.54, 1.807) is 92.5 Å². The van der Waals surface area contributed by atoms with Gasteiger partial charge in [-0.3, -0.25) is 49.8 Å². The number of hydrogen-bond donors (Lipinski definition) is 12. The number of ether oxygens (including phenoxy) is 1. The van der Waals surface area contributed by atoms with Gasteiger partial charge in [-0.05, 0) is 155 Å². The number of benzene rings is 7. The van der Waals surface area contributed by atoms with Crippen LogP contribution in [0.4, 0.5) is 0 Å². The number of carbonyl (C=O) groups excluding carboxylic acids is 7. The number of rotatable bonds is 17. The second-order valence-electron chi connectivity index (χ2n) is 33.1. The lowest BCUT2D eigenvalue weighted by atomic mass is 10.0. The lowest BCUT2D eigenvalue weighted by Gasteiger charge is -2.12. The van der Waals surface area contributed by atoms with Crippen molar-refractivity contribution in [1.29, 1.82) is 16.2 Å². The molecule has 7 aromatic heterocycles. The van der Waals surface area contributed by atoms with E-state index in [9.17, 15) is 43.8 Å². The predicted octanol–water partition coefficient (Wildman–Crippen LogP) is 19.3. The van der Waals surface area contributed by atoms with Gasteiger partial charge in [-0.2, -0.15) is 20.0 Å². The van der Waals surface area contributed by atoms with E-state index in [-0.39, 0.29) is 60.4 Å². The van der Waals surface area contributed by atoms with E-state index in [0.29, 0.717) is 137 Å². The lowest BCUT2D eigenvalue weighted by Crippen LogP contribution is -2.35. The molecule has 7 aromatic carbocycles. The first-order valence-electron chi connectivity index (χ1n) is 43.5. The first-order chi connectivity index (χ1) is 66.3. The molecular formula is C104H93Cl3N14O10S7. The maximum Gasteiger partial charge on any atom is 0.279 e. The van der Waals surface area contributed by atoms with E-state index in [0.717, 1.165) is 134 Å². The highest BCUT2D eigenvalue weighted by Gasteiger charge is 2.30. The Morgan fingerprint density at radius 3 is 1.04 bits per heavy atom. The van der Waals surface area contributed by atoms with Crippen molar-refractivity contribution >= 4 is 196 Å². The summed E-state index contributed by atoms with van der Waals surface area (Å²) in [6, 6.07) is 65.0. The van der Waals surface area contributed by atoms with Crippen LogP contribution in [-0.2, 0) is 103 Å². The molecule has 138 heavy (non-hydrogen) atoms. The van der Waals surface area contributed by atoms with Crippen LogP contribution >= 0.6 is 114 Å². The molecular weight excluding hydrogens is 1940 g/mol. The standard InChI is InChI=1S/C16H16N2O3S.C16H16N2OS.C15H14N2O2S.C15H14N2OS.C14H10Cl2N2OS.C14H11ClN2OS.C14H12N2OS/c1-21-11-3-2-9(10(4-11)8-19)5-12-6-13-14(22-12)7-15(17)18-16(13)20;1-9-3-4-11(10(2)5-9)6-12-7-13-14(20-12)8-15(17)18-16(13)19;16-14-7-13-12(15(19)17-14)6-11(20-13)5-9-3-1-2-4-10(9)8-18;1-9-4-2-3-5-10(9)6-11-7-12-13(19-11)8-14(16)17-15(12)18;15-8-2-1-7(11(16)4-8)3-9-5-10-12(20-9)6-13(17)18-14(10)19;15-11-4-2-1-3-8(11)5-9-6-10-12(19-9)7-13(16)17-14(10)18;15-13-8-12-11(14(17)16-13)7-10(18-12)6-9-4-2-1-3-5-9/h2-4,6,19H,5,7-8H2,1H3,(H2,17,18,20);3-5,7H,6,8H2,1-2H3,(H2,17,18,19);1-4,6,18H,5,7-8H2,(H2,16,17,19);2-5,7H,6,8H2,1H3,(H2,16,17,18);1-2,4-5H,3,6H2,(H2,17,18,19);1-4,6H,5,7H2,(H2,16,17,18);1-5,7H,6,8H2,(H2,15,16,17). The molecule has 7 amide bonds. The highest BCUT2D eigenvalue weighted by Crippen LogP contribution is 2.38. The molecule has 0 bridgehead atoms. The van der Waals surface area contributed by atoms with Crippen molar-refractivity contribution in [1.82, 2.24) is 16.0 Å². The summed E-state index contributed by atoms with van der Waals surface area (Å²) in [5, 5.41) is 51.4. The molecule has 0 saturated carbocycles. The van der Waals surface area contributed by atoms with E-state index < -0.39 is 0 Å². The average Bonchev–Trinajstić information content (AvgIpc) is 1.68. The number of aliphatic imine (C=N–C) groups is 4. The Labute approximate surface area is 838 Å². The molecule has 0 unspecified atom stereocenters. The number of aliphatic hydroxyl groups excluding tert-OH is 2. The van der Waals surface area contributed by atoms with Crippen LogP contribution in [0.5, 0.6) is 5.75 Å². The molecule has 16 N–H and O–H groups in total. The zero-order valence-electron chi connectivity index (χ0n) is 75.1. The lowest BCUT2D eigenvalue weighted by molar-refractivity contribution is 0.0964. The molecule has 24 nitrogen and oxygen atoms in total. The van der Waals surface area contributed by atoms with Gasteiger partial charge in [0.15, 0.2) is 0 Å². The van der Waals surface area contributed by atoms with Gasteiger partial charge in [0.05, 0.1) is 59.3 Å². The van der Waals surface area contributed by atoms with Gasteiger partial charge in [-0.15, -0.1) is 79.4 Å². The van der Waals surface area contributed by atoms with Crippen molar-refractivity contribution in [3.8, 4) is 5.75 Å². The number of nitrogens with zero attached hydrogens (tertiary/aromatic N) is 4. The first kappa shape index (κ1) is 99.5. The summed E-state index contributed by atoms with van der Waals surface area (Å²) in [6.45, 7) is 6.29. The second-order valence-corrected chi connectivity index (χ2v) is 42.9. The fourth-order valence-corrected chi connectivity index (χ4v) is 25.1. The monoisotopic (exact) mass is 2030 g/mol. The number of amidine groups is 7. The summed E-state index contributed by atoms with van der Waals surface area (Å²) < 4.78 is 5.17. The smallest absolute Gasteiger partial charge is 0.279 e. The molecule has 0 aliphatic carbocycles. The zero-order chi connectivity index (χ0) is 97.7. The number of halogens is 3. The number of methoxy groups -OCH3 is 1. The van der Waals surface area contributed by atoms with Crippen LogP contribution < -0.4 is 43.6 Å². The number of fused-ring (bicyclic) bond motifs is 7. The van der Waals surface area contributed by atoms with Crippen molar-refractivity contribution in [2.45, 2.75) is 124 Å². The van der Waals surface area contributed by atoms with Crippen LogP contribution in [0.2, 0.25) is 15.1 Å². The fourth-order valence-electron chi connectivity index (χ4n) is 16.0. The molecule has 14 aromatic rings. The molecule has 0 spiro atoms. The third kappa shape index (κ3) is 25.3. The molecule has 0 atom stereocenters. The molecule has 21 rings (SSSR count). The van der Waals surface area contributed by atoms with Crippen molar-refractivity contribution in [2.75, 3.05) is 7.11 Å². The minimum atomic E-state index is -0.256. The van der Waals surface area contributed by atoms with E-state index in [1.807, 2.05) is 152 Å². The maximum atomic E-state index is 11.9. The van der Waals surface area contributed by atoms with E-state index in [1.165, 1.54) is 48.0 Å². The van der Waals surface area contributed by atoms with Gasteiger partial charge in [0.1, 0.15) is 46.6 Å². The van der Waals surface area contributed by atoms with Gasteiger partial charge >= 0.3 is 0 Å². The SMILES string of the molecule is COc1ccc(Cc2cc3c(s2)CC(=N)NC3=O)c(CO)c1.Cc1ccc(Cc2cc3c(s2)CC(=N)NC3=O)c(C)c1.Cc1ccccc1Cc1cc2c(s1)CC(=N)NC2=O.NC1=NC(=O)c2cc(Cc3ccc(Cl)cc3Cl)sc2C1.NC1=NC(=O)c2cc(Cc3ccccc3)sc2C1.NC1=NC(=O)c2cc(Cc3ccccc3CO)sc2C1.NC1=NC(=O)c2cc(Cc3ccccc3Cl)sc2C1. The third-order valence-corrected chi connectivity index (χ3v) is 31.7. The Kier molecular flexibility index (Phi) is 32.5. The highest BCUT2D eigenvalue weighted by molar-refractivity contribution is 7.14. The summed E-state index contributed by atoms with van der Waals surface area (Å²) >= 11 is 29.5. The minimum Gasteiger partial charge on any atom is -0.497 e. The fraction of sp³-hybridized carbons (Fsp3) is 0.192. The first-order valence-corrected chi connectivity index (χ1v) is 50.4. The van der Waals surface area contributed by atoms with Crippen LogP contribution in [0.3, 0.4) is 0 Å².